The molecule has 2 aliphatic rings. The lowest BCUT2D eigenvalue weighted by Gasteiger charge is -2.17. The molecule has 33 heavy (non-hydrogen) atoms. The maximum absolute atomic E-state index is 13.3. The van der Waals surface area contributed by atoms with Gasteiger partial charge in [-0.25, -0.2) is 14.4 Å². The highest BCUT2D eigenvalue weighted by Gasteiger charge is 2.43. The zero-order valence-corrected chi connectivity index (χ0v) is 18.2. The fourth-order valence-corrected chi connectivity index (χ4v) is 3.68. The molecule has 1 amide bonds. The third kappa shape index (κ3) is 4.28. The molecule has 5 rings (SSSR count). The monoisotopic (exact) mass is 450 g/mol. The summed E-state index contributed by atoms with van der Waals surface area (Å²) in [7, 11) is 3.32. The molecule has 170 valence electrons. The first-order valence-electron chi connectivity index (χ1n) is 10.7. The Morgan fingerprint density at radius 2 is 2.00 bits per heavy atom. The number of hydrogen-bond donors (Lipinski definition) is 2. The molecular weight excluding hydrogens is 427 g/mol. The first kappa shape index (κ1) is 21.0. The largest absolute Gasteiger partial charge is 0.494 e. The van der Waals surface area contributed by atoms with E-state index in [1.807, 2.05) is 18.2 Å². The van der Waals surface area contributed by atoms with E-state index in [1.54, 1.807) is 31.2 Å². The van der Waals surface area contributed by atoms with Crippen molar-refractivity contribution in [2.45, 2.75) is 25.4 Å². The number of para-hydroxylation sites is 1. The topological polar surface area (TPSA) is 111 Å². The molecule has 10 heteroatoms. The Hall–Kier alpha value is -3.82. The number of carbonyl (C=O) groups excluding carboxylic acids is 2. The van der Waals surface area contributed by atoms with Gasteiger partial charge in [0, 0.05) is 25.2 Å². The quantitative estimate of drug-likeness (QED) is 0.505. The average molecular weight is 450 g/mol. The minimum atomic E-state index is -1.11. The SMILES string of the molecule is COc1c(Nc2cc(NC(=O)[C@H]3C[C@H]3F)ncc2C(=O)C2CC2)cccc1-c1ncn(C)n1. The molecule has 0 bridgehead atoms. The van der Waals surface area contributed by atoms with Crippen LogP contribution in [0, 0.1) is 11.8 Å². The van der Waals surface area contributed by atoms with Crippen molar-refractivity contribution in [3.63, 3.8) is 0 Å². The fourth-order valence-electron chi connectivity index (χ4n) is 3.68. The van der Waals surface area contributed by atoms with Crippen LogP contribution >= 0.6 is 0 Å². The molecule has 3 aromatic rings. The summed E-state index contributed by atoms with van der Waals surface area (Å²) in [5, 5.41) is 10.3. The summed E-state index contributed by atoms with van der Waals surface area (Å²) in [6.45, 7) is 0. The van der Waals surface area contributed by atoms with Gasteiger partial charge >= 0.3 is 0 Å². The predicted molar refractivity (Wildman–Crippen MR) is 119 cm³/mol. The third-order valence-electron chi connectivity index (χ3n) is 5.75. The van der Waals surface area contributed by atoms with Crippen molar-refractivity contribution in [1.82, 2.24) is 19.7 Å². The van der Waals surface area contributed by atoms with Gasteiger partial charge in [0.25, 0.3) is 0 Å². The number of pyridine rings is 1. The van der Waals surface area contributed by atoms with Gasteiger partial charge in [-0.3, -0.25) is 14.3 Å². The molecule has 2 aliphatic carbocycles. The number of alkyl halides is 1. The number of rotatable bonds is 8. The van der Waals surface area contributed by atoms with Gasteiger partial charge in [-0.1, -0.05) is 6.07 Å². The number of aromatic nitrogens is 4. The lowest BCUT2D eigenvalue weighted by Crippen LogP contribution is -2.17. The van der Waals surface area contributed by atoms with Crippen molar-refractivity contribution < 1.29 is 18.7 Å². The van der Waals surface area contributed by atoms with E-state index < -0.39 is 18.0 Å². The van der Waals surface area contributed by atoms with Gasteiger partial charge in [0.15, 0.2) is 17.4 Å². The normalized spacial score (nSPS) is 19.1. The number of methoxy groups -OCH3 is 1. The van der Waals surface area contributed by atoms with Crippen LogP contribution in [0.25, 0.3) is 11.4 Å². The van der Waals surface area contributed by atoms with Crippen molar-refractivity contribution in [3.05, 3.63) is 42.4 Å². The molecule has 2 aromatic heterocycles. The molecule has 9 nitrogen and oxygen atoms in total. The summed E-state index contributed by atoms with van der Waals surface area (Å²) >= 11 is 0. The van der Waals surface area contributed by atoms with Gasteiger partial charge < -0.3 is 15.4 Å². The Kier molecular flexibility index (Phi) is 5.27. The summed E-state index contributed by atoms with van der Waals surface area (Å²) in [6.07, 6.45) is 3.86. The lowest BCUT2D eigenvalue weighted by atomic mass is 10.1. The zero-order valence-electron chi connectivity index (χ0n) is 18.2. The minimum absolute atomic E-state index is 0.00425. The lowest BCUT2D eigenvalue weighted by molar-refractivity contribution is -0.117. The van der Waals surface area contributed by atoms with E-state index in [-0.39, 0.29) is 23.9 Å². The molecule has 0 radical (unpaired) electrons. The van der Waals surface area contributed by atoms with Crippen LogP contribution in [0.5, 0.6) is 5.75 Å². The molecule has 0 spiro atoms. The summed E-state index contributed by atoms with van der Waals surface area (Å²) in [5.74, 6) is 0.180. The summed E-state index contributed by atoms with van der Waals surface area (Å²) < 4.78 is 20.5. The standard InChI is InChI=1S/C23H23FN6O3/c1-30-11-26-22(29-30)13-4-3-5-17(21(13)33-2)27-18-9-19(28-23(32)14-8-16(14)24)25-10-15(18)20(31)12-6-7-12/h3-5,9-12,14,16H,6-8H2,1-2H3,(H2,25,27,28,32)/t14-,16+/m0/s1. The van der Waals surface area contributed by atoms with Gasteiger partial charge in [-0.05, 0) is 31.4 Å². The Balaban J connectivity index is 1.50. The Bertz CT molecular complexity index is 1240. The van der Waals surface area contributed by atoms with Gasteiger partial charge in [0.2, 0.25) is 5.91 Å². The third-order valence-corrected chi connectivity index (χ3v) is 5.75. The van der Waals surface area contributed by atoms with E-state index in [0.29, 0.717) is 34.1 Å². The Labute approximate surface area is 189 Å². The molecule has 2 fully saturated rings. The Morgan fingerprint density at radius 3 is 2.64 bits per heavy atom. The number of anilines is 3. The van der Waals surface area contributed by atoms with Gasteiger partial charge in [0.05, 0.1) is 35.5 Å². The first-order valence-corrected chi connectivity index (χ1v) is 10.7. The Morgan fingerprint density at radius 1 is 1.21 bits per heavy atom. The second kappa shape index (κ2) is 8.27. The van der Waals surface area contributed by atoms with Crippen LogP contribution in [-0.2, 0) is 11.8 Å². The maximum atomic E-state index is 13.3. The van der Waals surface area contributed by atoms with Crippen LogP contribution in [0.2, 0.25) is 0 Å². The van der Waals surface area contributed by atoms with Crippen LogP contribution < -0.4 is 15.4 Å². The molecule has 0 saturated heterocycles. The highest BCUT2D eigenvalue weighted by atomic mass is 19.1. The van der Waals surface area contributed by atoms with Crippen LogP contribution in [0.15, 0.2) is 36.8 Å². The first-order chi connectivity index (χ1) is 15.9. The number of nitrogens with zero attached hydrogens (tertiary/aromatic N) is 4. The van der Waals surface area contributed by atoms with E-state index in [1.165, 1.54) is 6.20 Å². The average Bonchev–Trinajstić information content (AvgIpc) is 3.72. The zero-order chi connectivity index (χ0) is 23.1. The molecule has 2 atom stereocenters. The van der Waals surface area contributed by atoms with Crippen molar-refractivity contribution in [1.29, 1.82) is 0 Å². The van der Waals surface area contributed by atoms with E-state index in [0.717, 1.165) is 12.8 Å². The number of amides is 1. The van der Waals surface area contributed by atoms with E-state index in [9.17, 15) is 14.0 Å². The van der Waals surface area contributed by atoms with Crippen molar-refractivity contribution >= 4 is 28.9 Å². The van der Waals surface area contributed by atoms with Crippen molar-refractivity contribution in [2.24, 2.45) is 18.9 Å². The maximum Gasteiger partial charge on any atom is 0.231 e. The summed E-state index contributed by atoms with van der Waals surface area (Å²) in [4.78, 5) is 33.6. The molecule has 0 aliphatic heterocycles. The number of carbonyl (C=O) groups is 2. The number of hydrogen-bond acceptors (Lipinski definition) is 7. The smallest absolute Gasteiger partial charge is 0.231 e. The van der Waals surface area contributed by atoms with E-state index >= 15 is 0 Å². The van der Waals surface area contributed by atoms with Gasteiger partial charge in [-0.2, -0.15) is 5.10 Å². The number of ketones is 1. The summed E-state index contributed by atoms with van der Waals surface area (Å²) in [6, 6.07) is 7.08. The van der Waals surface area contributed by atoms with Crippen molar-refractivity contribution in [2.75, 3.05) is 17.7 Å². The number of benzene rings is 1. The summed E-state index contributed by atoms with van der Waals surface area (Å²) in [5.41, 5.74) is 2.19. The highest BCUT2D eigenvalue weighted by molar-refractivity contribution is 6.05. The van der Waals surface area contributed by atoms with E-state index in [4.69, 9.17) is 4.74 Å². The molecule has 2 heterocycles. The van der Waals surface area contributed by atoms with Crippen molar-refractivity contribution in [3.8, 4) is 17.1 Å². The minimum Gasteiger partial charge on any atom is -0.494 e. The van der Waals surface area contributed by atoms with Crippen LogP contribution in [0.4, 0.5) is 21.6 Å². The number of Topliss-reactive ketones (excluding diaryl/α,β-unsaturated/α-hetero) is 1. The highest BCUT2D eigenvalue weighted by Crippen LogP contribution is 2.40. The molecular formula is C23H23FN6O3. The second-order valence-electron chi connectivity index (χ2n) is 8.35. The van der Waals surface area contributed by atoms with Crippen LogP contribution in [0.3, 0.4) is 0 Å². The van der Waals surface area contributed by atoms with E-state index in [2.05, 4.69) is 25.7 Å². The molecule has 2 saturated carbocycles. The number of aryl methyl sites for hydroxylation is 1. The van der Waals surface area contributed by atoms with Crippen LogP contribution in [0.1, 0.15) is 29.6 Å². The van der Waals surface area contributed by atoms with Gasteiger partial charge in [0.1, 0.15) is 18.3 Å². The van der Waals surface area contributed by atoms with Gasteiger partial charge in [-0.15, -0.1) is 0 Å². The fraction of sp³-hybridized carbons (Fsp3) is 0.348. The predicted octanol–water partition coefficient (Wildman–Crippen LogP) is 3.52. The molecule has 1 aromatic carbocycles. The molecule has 2 N–H and O–H groups in total. The number of ether oxygens (including phenoxy) is 1. The number of nitrogens with one attached hydrogen (secondary N) is 2. The van der Waals surface area contributed by atoms with Crippen LogP contribution in [-0.4, -0.2) is 44.7 Å². The second-order valence-corrected chi connectivity index (χ2v) is 8.35. The molecule has 0 unspecified atom stereocenters. The number of halogens is 1.